The van der Waals surface area contributed by atoms with Crippen LogP contribution in [0.25, 0.3) is 0 Å². The van der Waals surface area contributed by atoms with Crippen LogP contribution in [0.15, 0.2) is 42.5 Å². The maximum Gasteiger partial charge on any atom is 0.257 e. The molecular weight excluding hydrogens is 380 g/mol. The number of nitrogens with zero attached hydrogens (tertiary/aromatic N) is 3. The van der Waals surface area contributed by atoms with E-state index in [9.17, 15) is 4.79 Å². The summed E-state index contributed by atoms with van der Waals surface area (Å²) in [5.74, 6) is 0.958. The third kappa shape index (κ3) is 3.13. The van der Waals surface area contributed by atoms with Crippen LogP contribution in [0.4, 0.5) is 0 Å². The molecular formula is C23H28N4O3. The SMILES string of the molecule is COc1ccc(C(=O)NC2C3CN4CCN(C3)CC2(c2ccccc2)C4)c(OC)n1. The van der Waals surface area contributed by atoms with E-state index in [1.165, 1.54) is 12.7 Å². The molecule has 0 aliphatic carbocycles. The smallest absolute Gasteiger partial charge is 0.257 e. The number of methoxy groups -OCH3 is 2. The summed E-state index contributed by atoms with van der Waals surface area (Å²) >= 11 is 0. The molecule has 4 bridgehead atoms. The summed E-state index contributed by atoms with van der Waals surface area (Å²) in [6, 6.07) is 14.2. The Labute approximate surface area is 177 Å². The number of amides is 1. The van der Waals surface area contributed by atoms with Gasteiger partial charge >= 0.3 is 0 Å². The molecule has 1 N–H and O–H groups in total. The Morgan fingerprint density at radius 1 is 1.03 bits per heavy atom. The summed E-state index contributed by atoms with van der Waals surface area (Å²) in [5, 5.41) is 3.40. The summed E-state index contributed by atoms with van der Waals surface area (Å²) in [5.41, 5.74) is 1.62. The molecule has 158 valence electrons. The maximum absolute atomic E-state index is 13.4. The van der Waals surface area contributed by atoms with E-state index >= 15 is 0 Å². The standard InChI is InChI=1S/C23H28N4O3/c1-29-19-9-8-18(22(24-19)30-2)21(28)25-20-16-12-26-10-11-27(13-16)15-23(20,14-26)17-6-4-3-5-7-17/h3-9,16,20H,10-15H2,1-2H3,(H,25,28). The monoisotopic (exact) mass is 408 g/mol. The van der Waals surface area contributed by atoms with Crippen molar-refractivity contribution in [3.8, 4) is 11.8 Å². The zero-order valence-electron chi connectivity index (χ0n) is 17.5. The Hall–Kier alpha value is -2.64. The van der Waals surface area contributed by atoms with Gasteiger partial charge in [0.2, 0.25) is 11.8 Å². The molecule has 2 aromatic rings. The molecule has 4 fully saturated rings. The van der Waals surface area contributed by atoms with Gasteiger partial charge in [-0.15, -0.1) is 0 Å². The molecule has 1 amide bonds. The average Bonchev–Trinajstić information content (AvgIpc) is 3.04. The van der Waals surface area contributed by atoms with Gasteiger partial charge in [-0.1, -0.05) is 30.3 Å². The Balaban J connectivity index is 1.51. The zero-order valence-corrected chi connectivity index (χ0v) is 17.5. The largest absolute Gasteiger partial charge is 0.481 e. The molecule has 3 unspecified atom stereocenters. The lowest BCUT2D eigenvalue weighted by atomic mass is 9.64. The zero-order chi connectivity index (χ0) is 20.7. The molecule has 4 saturated heterocycles. The number of ether oxygens (including phenoxy) is 2. The Morgan fingerprint density at radius 2 is 1.73 bits per heavy atom. The molecule has 0 spiro atoms. The van der Waals surface area contributed by atoms with Crippen molar-refractivity contribution in [2.75, 3.05) is 53.5 Å². The van der Waals surface area contributed by atoms with Crippen LogP contribution < -0.4 is 14.8 Å². The predicted molar refractivity (Wildman–Crippen MR) is 113 cm³/mol. The first-order chi connectivity index (χ1) is 14.6. The Morgan fingerprint density at radius 3 is 2.37 bits per heavy atom. The predicted octanol–water partition coefficient (Wildman–Crippen LogP) is 1.40. The van der Waals surface area contributed by atoms with Gasteiger partial charge in [0.1, 0.15) is 5.56 Å². The van der Waals surface area contributed by atoms with Crippen LogP contribution in [-0.2, 0) is 5.41 Å². The first-order valence-electron chi connectivity index (χ1n) is 10.5. The normalized spacial score (nSPS) is 31.8. The highest BCUT2D eigenvalue weighted by atomic mass is 16.5. The summed E-state index contributed by atoms with van der Waals surface area (Å²) in [6.07, 6.45) is 0. The van der Waals surface area contributed by atoms with Gasteiger partial charge < -0.3 is 24.6 Å². The molecule has 5 heterocycles. The minimum atomic E-state index is -0.140. The lowest BCUT2D eigenvalue weighted by Gasteiger charge is -2.55. The number of carbonyl (C=O) groups excluding carboxylic acids is 1. The van der Waals surface area contributed by atoms with Gasteiger partial charge in [0.25, 0.3) is 5.91 Å². The molecule has 4 aliphatic heterocycles. The van der Waals surface area contributed by atoms with Crippen molar-refractivity contribution in [2.24, 2.45) is 5.92 Å². The highest BCUT2D eigenvalue weighted by molar-refractivity contribution is 5.96. The molecule has 0 saturated carbocycles. The van der Waals surface area contributed by atoms with Crippen LogP contribution in [0.2, 0.25) is 0 Å². The van der Waals surface area contributed by atoms with Gasteiger partial charge in [0.15, 0.2) is 0 Å². The van der Waals surface area contributed by atoms with Crippen LogP contribution in [0.1, 0.15) is 15.9 Å². The first kappa shape index (κ1) is 19.3. The van der Waals surface area contributed by atoms with E-state index in [1.807, 2.05) is 0 Å². The fourth-order valence-electron chi connectivity index (χ4n) is 5.65. The maximum atomic E-state index is 13.4. The fourth-order valence-corrected chi connectivity index (χ4v) is 5.65. The van der Waals surface area contributed by atoms with Gasteiger partial charge in [0, 0.05) is 62.7 Å². The topological polar surface area (TPSA) is 66.9 Å². The van der Waals surface area contributed by atoms with E-state index in [1.54, 1.807) is 19.2 Å². The number of hydrogen-bond acceptors (Lipinski definition) is 6. The second kappa shape index (κ2) is 7.56. The molecule has 0 radical (unpaired) electrons. The lowest BCUT2D eigenvalue weighted by molar-refractivity contribution is 0.0180. The van der Waals surface area contributed by atoms with Crippen LogP contribution in [0, 0.1) is 5.92 Å². The van der Waals surface area contributed by atoms with Gasteiger partial charge in [-0.25, -0.2) is 0 Å². The van der Waals surface area contributed by atoms with Gasteiger partial charge in [-0.05, 0) is 11.6 Å². The van der Waals surface area contributed by atoms with Crippen molar-refractivity contribution in [3.05, 3.63) is 53.6 Å². The molecule has 3 atom stereocenters. The van der Waals surface area contributed by atoms with E-state index in [0.29, 0.717) is 17.4 Å². The van der Waals surface area contributed by atoms with Gasteiger partial charge in [-0.3, -0.25) is 4.79 Å². The van der Waals surface area contributed by atoms with E-state index in [-0.39, 0.29) is 23.2 Å². The van der Waals surface area contributed by atoms with Crippen LogP contribution in [-0.4, -0.2) is 80.2 Å². The van der Waals surface area contributed by atoms with Crippen LogP contribution in [0.5, 0.6) is 11.8 Å². The summed E-state index contributed by atoms with van der Waals surface area (Å²) in [4.78, 5) is 22.8. The highest BCUT2D eigenvalue weighted by Crippen LogP contribution is 2.43. The third-order valence-electron chi connectivity index (χ3n) is 6.91. The summed E-state index contributed by atoms with van der Waals surface area (Å²) in [7, 11) is 3.07. The lowest BCUT2D eigenvalue weighted by Crippen LogP contribution is -2.70. The molecule has 1 aromatic heterocycles. The number of rotatable bonds is 5. The van der Waals surface area contributed by atoms with E-state index < -0.39 is 0 Å². The van der Waals surface area contributed by atoms with Crippen LogP contribution >= 0.6 is 0 Å². The van der Waals surface area contributed by atoms with Crippen LogP contribution in [0.3, 0.4) is 0 Å². The van der Waals surface area contributed by atoms with Crippen molar-refractivity contribution in [1.29, 1.82) is 0 Å². The number of benzene rings is 1. The molecule has 7 nitrogen and oxygen atoms in total. The fraction of sp³-hybridized carbons (Fsp3) is 0.478. The van der Waals surface area contributed by atoms with Crippen molar-refractivity contribution < 1.29 is 14.3 Å². The quantitative estimate of drug-likeness (QED) is 0.807. The number of piperidine rings is 2. The summed E-state index contributed by atoms with van der Waals surface area (Å²) in [6.45, 7) is 6.17. The Kier molecular flexibility index (Phi) is 4.87. The number of carbonyl (C=O) groups is 1. The second-order valence-electron chi connectivity index (χ2n) is 8.61. The van der Waals surface area contributed by atoms with Crippen molar-refractivity contribution >= 4 is 5.91 Å². The first-order valence-corrected chi connectivity index (χ1v) is 10.5. The number of fused-ring (bicyclic) bond motifs is 1. The number of hydrogen-bond donors (Lipinski definition) is 1. The molecule has 30 heavy (non-hydrogen) atoms. The van der Waals surface area contributed by atoms with Gasteiger partial charge in [-0.2, -0.15) is 4.98 Å². The van der Waals surface area contributed by atoms with Crippen molar-refractivity contribution in [3.63, 3.8) is 0 Å². The molecule has 6 rings (SSSR count). The second-order valence-corrected chi connectivity index (χ2v) is 8.61. The minimum absolute atomic E-state index is 0.0600. The number of pyridine rings is 1. The van der Waals surface area contributed by atoms with E-state index in [4.69, 9.17) is 9.47 Å². The number of nitrogens with one attached hydrogen (secondary N) is 1. The third-order valence-corrected chi connectivity index (χ3v) is 6.91. The highest BCUT2D eigenvalue weighted by Gasteiger charge is 2.55. The van der Waals surface area contributed by atoms with E-state index in [0.717, 1.165) is 39.3 Å². The Bertz CT molecular complexity index is 919. The van der Waals surface area contributed by atoms with Gasteiger partial charge in [0.05, 0.1) is 14.2 Å². The summed E-state index contributed by atoms with van der Waals surface area (Å²) < 4.78 is 10.6. The molecule has 7 heteroatoms. The minimum Gasteiger partial charge on any atom is -0.481 e. The van der Waals surface area contributed by atoms with Crippen molar-refractivity contribution in [2.45, 2.75) is 11.5 Å². The number of aromatic nitrogens is 1. The average molecular weight is 409 g/mol. The molecule has 4 aliphatic rings. The van der Waals surface area contributed by atoms with Crippen molar-refractivity contribution in [1.82, 2.24) is 20.1 Å². The van der Waals surface area contributed by atoms with E-state index in [2.05, 4.69) is 50.4 Å². The molecule has 1 aromatic carbocycles.